The SMILES string of the molecule is CCCC[N+]1(C)CCC(C)C1C(=O)O.[Cl-]. The number of quaternary nitrogens is 1. The van der Waals surface area contributed by atoms with E-state index in [1.807, 2.05) is 0 Å². The zero-order valence-corrected chi connectivity index (χ0v) is 10.6. The van der Waals surface area contributed by atoms with Gasteiger partial charge in [-0.1, -0.05) is 20.3 Å². The summed E-state index contributed by atoms with van der Waals surface area (Å²) in [4.78, 5) is 11.2. The predicted molar refractivity (Wildman–Crippen MR) is 56.0 cm³/mol. The molecule has 0 spiro atoms. The molecule has 90 valence electrons. The van der Waals surface area contributed by atoms with Crippen LogP contribution < -0.4 is 12.4 Å². The van der Waals surface area contributed by atoms with Crippen LogP contribution in [-0.2, 0) is 4.79 Å². The number of hydrogen-bond donors (Lipinski definition) is 1. The molecule has 1 N–H and O–H groups in total. The van der Waals surface area contributed by atoms with E-state index >= 15 is 0 Å². The van der Waals surface area contributed by atoms with E-state index in [-0.39, 0.29) is 18.4 Å². The molecule has 3 atom stereocenters. The third kappa shape index (κ3) is 3.08. The monoisotopic (exact) mass is 235 g/mol. The lowest BCUT2D eigenvalue weighted by molar-refractivity contribution is -0.914. The van der Waals surface area contributed by atoms with Crippen molar-refractivity contribution in [1.29, 1.82) is 0 Å². The first-order chi connectivity index (χ1) is 6.51. The van der Waals surface area contributed by atoms with Gasteiger partial charge in [0.2, 0.25) is 0 Å². The normalized spacial score (nSPS) is 34.9. The molecular formula is C11H22ClNO2. The summed E-state index contributed by atoms with van der Waals surface area (Å²) in [6.45, 7) is 6.26. The summed E-state index contributed by atoms with van der Waals surface area (Å²) in [5.74, 6) is -0.289. The fourth-order valence-corrected chi connectivity index (χ4v) is 2.69. The van der Waals surface area contributed by atoms with E-state index in [0.717, 1.165) is 36.8 Å². The van der Waals surface area contributed by atoms with Gasteiger partial charge in [-0.2, -0.15) is 0 Å². The quantitative estimate of drug-likeness (QED) is 0.618. The van der Waals surface area contributed by atoms with Crippen LogP contribution in [0.2, 0.25) is 0 Å². The second kappa shape index (κ2) is 5.71. The smallest absolute Gasteiger partial charge is 0.362 e. The van der Waals surface area contributed by atoms with Crippen molar-refractivity contribution in [1.82, 2.24) is 0 Å². The molecule has 0 saturated carbocycles. The van der Waals surface area contributed by atoms with E-state index in [4.69, 9.17) is 0 Å². The van der Waals surface area contributed by atoms with Gasteiger partial charge in [-0.05, 0) is 6.42 Å². The summed E-state index contributed by atoms with van der Waals surface area (Å²) >= 11 is 0. The van der Waals surface area contributed by atoms with Crippen molar-refractivity contribution in [2.24, 2.45) is 5.92 Å². The molecule has 3 nitrogen and oxygen atoms in total. The van der Waals surface area contributed by atoms with Crippen molar-refractivity contribution >= 4 is 5.97 Å². The van der Waals surface area contributed by atoms with Crippen molar-refractivity contribution in [3.63, 3.8) is 0 Å². The summed E-state index contributed by atoms with van der Waals surface area (Å²) < 4.78 is 0.740. The molecule has 0 bridgehead atoms. The second-order valence-electron chi connectivity index (χ2n) is 4.83. The van der Waals surface area contributed by atoms with Gasteiger partial charge in [-0.25, -0.2) is 4.79 Å². The number of halogens is 1. The van der Waals surface area contributed by atoms with Gasteiger partial charge >= 0.3 is 5.97 Å². The Hall–Kier alpha value is -0.280. The second-order valence-corrected chi connectivity index (χ2v) is 4.83. The third-order valence-corrected chi connectivity index (χ3v) is 3.58. The van der Waals surface area contributed by atoms with Crippen LogP contribution in [0.1, 0.15) is 33.1 Å². The molecule has 0 aliphatic carbocycles. The summed E-state index contributed by atoms with van der Waals surface area (Å²) in [6.07, 6.45) is 3.33. The van der Waals surface area contributed by atoms with E-state index in [1.54, 1.807) is 0 Å². The third-order valence-electron chi connectivity index (χ3n) is 3.58. The molecule has 1 aliphatic heterocycles. The number of likely N-dealkylation sites (tertiary alicyclic amines) is 1. The van der Waals surface area contributed by atoms with Gasteiger partial charge in [-0.15, -0.1) is 0 Å². The lowest BCUT2D eigenvalue weighted by Gasteiger charge is -2.34. The number of unbranched alkanes of at least 4 members (excludes halogenated alkanes) is 1. The lowest BCUT2D eigenvalue weighted by Crippen LogP contribution is -3.00. The molecule has 1 fully saturated rings. The summed E-state index contributed by atoms with van der Waals surface area (Å²) in [6, 6.07) is -0.179. The first kappa shape index (κ1) is 14.7. The fraction of sp³-hybridized carbons (Fsp3) is 0.909. The number of carboxylic acid groups (broad SMARTS) is 1. The maximum absolute atomic E-state index is 11.2. The molecule has 1 heterocycles. The summed E-state index contributed by atoms with van der Waals surface area (Å²) in [7, 11) is 2.10. The molecule has 15 heavy (non-hydrogen) atoms. The highest BCUT2D eigenvalue weighted by molar-refractivity contribution is 5.72. The molecule has 1 aliphatic rings. The van der Waals surface area contributed by atoms with E-state index in [0.29, 0.717) is 5.92 Å². The van der Waals surface area contributed by atoms with Crippen molar-refractivity contribution < 1.29 is 26.8 Å². The first-order valence-electron chi connectivity index (χ1n) is 5.58. The van der Waals surface area contributed by atoms with Crippen molar-refractivity contribution in [3.8, 4) is 0 Å². The number of carbonyl (C=O) groups is 1. The van der Waals surface area contributed by atoms with Gasteiger partial charge in [0.05, 0.1) is 20.1 Å². The molecule has 1 saturated heterocycles. The number of carboxylic acids is 1. The fourth-order valence-electron chi connectivity index (χ4n) is 2.69. The van der Waals surface area contributed by atoms with Crippen molar-refractivity contribution in [2.45, 2.75) is 39.2 Å². The Morgan fingerprint density at radius 1 is 1.53 bits per heavy atom. The molecule has 0 aromatic heterocycles. The molecule has 4 heteroatoms. The minimum Gasteiger partial charge on any atom is -1.00 e. The average Bonchev–Trinajstić information content (AvgIpc) is 2.40. The van der Waals surface area contributed by atoms with Crippen LogP contribution in [0.3, 0.4) is 0 Å². The molecule has 0 radical (unpaired) electrons. The minimum atomic E-state index is -0.617. The van der Waals surface area contributed by atoms with Gasteiger partial charge in [0.1, 0.15) is 0 Å². The van der Waals surface area contributed by atoms with Crippen LogP contribution in [0.4, 0.5) is 0 Å². The first-order valence-corrected chi connectivity index (χ1v) is 5.58. The van der Waals surface area contributed by atoms with Crippen LogP contribution >= 0.6 is 0 Å². The highest BCUT2D eigenvalue weighted by Crippen LogP contribution is 2.30. The van der Waals surface area contributed by atoms with Crippen molar-refractivity contribution in [2.75, 3.05) is 20.1 Å². The maximum Gasteiger partial charge on any atom is 0.362 e. The van der Waals surface area contributed by atoms with E-state index in [1.165, 1.54) is 0 Å². The van der Waals surface area contributed by atoms with Crippen molar-refractivity contribution in [3.05, 3.63) is 0 Å². The standard InChI is InChI=1S/C11H21NO2.ClH/c1-4-5-7-12(3)8-6-9(2)10(12)11(13)14;/h9-10H,4-8H2,1-3H3;1H. The van der Waals surface area contributed by atoms with E-state index in [9.17, 15) is 9.90 Å². The number of hydrogen-bond acceptors (Lipinski definition) is 1. The molecule has 3 unspecified atom stereocenters. The highest BCUT2D eigenvalue weighted by Gasteiger charge is 2.47. The Labute approximate surface area is 98.5 Å². The van der Waals surface area contributed by atoms with Crippen LogP contribution in [0.15, 0.2) is 0 Å². The highest BCUT2D eigenvalue weighted by atomic mass is 35.5. The molecule has 0 amide bonds. The Morgan fingerprint density at radius 3 is 2.60 bits per heavy atom. The van der Waals surface area contributed by atoms with Gasteiger partial charge in [0.25, 0.3) is 0 Å². The number of rotatable bonds is 4. The van der Waals surface area contributed by atoms with Crippen LogP contribution in [0, 0.1) is 5.92 Å². The van der Waals surface area contributed by atoms with Crippen LogP contribution in [0.25, 0.3) is 0 Å². The van der Waals surface area contributed by atoms with Gasteiger partial charge in [0.15, 0.2) is 6.04 Å². The molecule has 0 aromatic carbocycles. The van der Waals surface area contributed by atoms with Gasteiger partial charge in [-0.3, -0.25) is 0 Å². The molecular weight excluding hydrogens is 214 g/mol. The average molecular weight is 236 g/mol. The zero-order chi connectivity index (χ0) is 10.8. The molecule has 1 rings (SSSR count). The van der Waals surface area contributed by atoms with Gasteiger partial charge in [0, 0.05) is 12.3 Å². The predicted octanol–water partition coefficient (Wildman–Crippen LogP) is -1.27. The number of nitrogens with zero attached hydrogens (tertiary/aromatic N) is 1. The van der Waals surface area contributed by atoms with Crippen LogP contribution in [-0.4, -0.2) is 41.7 Å². The Balaban J connectivity index is 0.00000196. The molecule has 0 aromatic rings. The summed E-state index contributed by atoms with van der Waals surface area (Å²) in [5, 5.41) is 9.20. The summed E-state index contributed by atoms with van der Waals surface area (Å²) in [5.41, 5.74) is 0. The van der Waals surface area contributed by atoms with Crippen LogP contribution in [0.5, 0.6) is 0 Å². The largest absolute Gasteiger partial charge is 1.00 e. The van der Waals surface area contributed by atoms with E-state index in [2.05, 4.69) is 20.9 Å². The Bertz CT molecular complexity index is 223. The van der Waals surface area contributed by atoms with Gasteiger partial charge < -0.3 is 22.0 Å². The number of aliphatic carboxylic acids is 1. The number of likely N-dealkylation sites (N-methyl/N-ethyl adjacent to an activating group) is 1. The minimum absolute atomic E-state index is 0. The van der Waals surface area contributed by atoms with E-state index < -0.39 is 5.97 Å². The topological polar surface area (TPSA) is 37.3 Å². The zero-order valence-electron chi connectivity index (χ0n) is 9.87. The lowest BCUT2D eigenvalue weighted by atomic mass is 10.0. The maximum atomic E-state index is 11.2. The Morgan fingerprint density at radius 2 is 2.13 bits per heavy atom. The Kier molecular flexibility index (Phi) is 5.60.